The summed E-state index contributed by atoms with van der Waals surface area (Å²) in [6.07, 6.45) is 2.51. The van der Waals surface area contributed by atoms with E-state index in [0.717, 1.165) is 22.9 Å². The normalized spacial score (nSPS) is 12.7. The molecule has 0 saturated carbocycles. The van der Waals surface area contributed by atoms with E-state index in [-0.39, 0.29) is 0 Å². The average Bonchev–Trinajstić information content (AvgIpc) is 2.95. The molecule has 0 aliphatic carbocycles. The van der Waals surface area contributed by atoms with Crippen molar-refractivity contribution < 1.29 is 4.52 Å². The van der Waals surface area contributed by atoms with Gasteiger partial charge in [0.15, 0.2) is 0 Å². The number of aromatic nitrogens is 3. The van der Waals surface area contributed by atoms with Gasteiger partial charge < -0.3 is 9.84 Å². The Bertz CT molecular complexity index is 722. The standard InChI is InChI=1S/C15H16N4O/c1-10(16-2)8-14-18-15(19-20-14)12-5-6-13-11(9-12)4-3-7-17-13/h3-7,9-10,16H,8H2,1-2H3. The maximum Gasteiger partial charge on any atom is 0.228 e. The van der Waals surface area contributed by atoms with Crippen LogP contribution in [0.25, 0.3) is 22.3 Å². The minimum Gasteiger partial charge on any atom is -0.339 e. The third kappa shape index (κ3) is 2.53. The summed E-state index contributed by atoms with van der Waals surface area (Å²) >= 11 is 0. The Morgan fingerprint density at radius 1 is 1.30 bits per heavy atom. The first kappa shape index (κ1) is 12.7. The van der Waals surface area contributed by atoms with Gasteiger partial charge in [0.25, 0.3) is 0 Å². The third-order valence-corrected chi connectivity index (χ3v) is 3.30. The lowest BCUT2D eigenvalue weighted by Gasteiger charge is -2.04. The maximum atomic E-state index is 5.29. The molecule has 0 amide bonds. The highest BCUT2D eigenvalue weighted by atomic mass is 16.5. The third-order valence-electron chi connectivity index (χ3n) is 3.30. The van der Waals surface area contributed by atoms with E-state index in [0.29, 0.717) is 17.8 Å². The predicted molar refractivity (Wildman–Crippen MR) is 77.3 cm³/mol. The van der Waals surface area contributed by atoms with Crippen LogP contribution >= 0.6 is 0 Å². The van der Waals surface area contributed by atoms with Gasteiger partial charge in [0.2, 0.25) is 11.7 Å². The summed E-state index contributed by atoms with van der Waals surface area (Å²) in [5.41, 5.74) is 1.90. The zero-order valence-corrected chi connectivity index (χ0v) is 11.5. The van der Waals surface area contributed by atoms with Gasteiger partial charge in [0.1, 0.15) is 0 Å². The quantitative estimate of drug-likeness (QED) is 0.787. The molecule has 1 N–H and O–H groups in total. The van der Waals surface area contributed by atoms with Crippen LogP contribution in [0.2, 0.25) is 0 Å². The maximum absolute atomic E-state index is 5.29. The smallest absolute Gasteiger partial charge is 0.228 e. The number of pyridine rings is 1. The summed E-state index contributed by atoms with van der Waals surface area (Å²) < 4.78 is 5.29. The Morgan fingerprint density at radius 3 is 3.05 bits per heavy atom. The summed E-state index contributed by atoms with van der Waals surface area (Å²) in [7, 11) is 1.91. The molecule has 1 atom stereocenters. The highest BCUT2D eigenvalue weighted by Crippen LogP contribution is 2.21. The topological polar surface area (TPSA) is 63.8 Å². The molecule has 1 aromatic carbocycles. The molecule has 0 aliphatic heterocycles. The summed E-state index contributed by atoms with van der Waals surface area (Å²) in [6, 6.07) is 10.2. The highest BCUT2D eigenvalue weighted by molar-refractivity contribution is 5.82. The minimum atomic E-state index is 0.309. The Hall–Kier alpha value is -2.27. The monoisotopic (exact) mass is 268 g/mol. The van der Waals surface area contributed by atoms with Crippen LogP contribution in [-0.2, 0) is 6.42 Å². The van der Waals surface area contributed by atoms with Crippen molar-refractivity contribution >= 4 is 10.9 Å². The van der Waals surface area contributed by atoms with Crippen LogP contribution < -0.4 is 5.32 Å². The molecule has 102 valence electrons. The molecule has 0 fully saturated rings. The lowest BCUT2D eigenvalue weighted by Crippen LogP contribution is -2.23. The van der Waals surface area contributed by atoms with E-state index in [9.17, 15) is 0 Å². The van der Waals surface area contributed by atoms with Crippen LogP contribution in [0.15, 0.2) is 41.1 Å². The van der Waals surface area contributed by atoms with E-state index in [1.54, 1.807) is 6.20 Å². The van der Waals surface area contributed by atoms with Crippen LogP contribution in [0, 0.1) is 0 Å². The van der Waals surface area contributed by atoms with Gasteiger partial charge in [-0.2, -0.15) is 4.98 Å². The summed E-state index contributed by atoms with van der Waals surface area (Å²) in [4.78, 5) is 8.74. The van der Waals surface area contributed by atoms with Crippen LogP contribution in [0.4, 0.5) is 0 Å². The van der Waals surface area contributed by atoms with Crippen molar-refractivity contribution in [2.75, 3.05) is 7.05 Å². The number of fused-ring (bicyclic) bond motifs is 1. The van der Waals surface area contributed by atoms with Crippen LogP contribution in [0.5, 0.6) is 0 Å². The van der Waals surface area contributed by atoms with E-state index < -0.39 is 0 Å². The molecular weight excluding hydrogens is 252 g/mol. The Morgan fingerprint density at radius 2 is 2.20 bits per heavy atom. The summed E-state index contributed by atoms with van der Waals surface area (Å²) in [5, 5.41) is 8.27. The molecule has 0 radical (unpaired) electrons. The molecule has 20 heavy (non-hydrogen) atoms. The number of nitrogens with zero attached hydrogens (tertiary/aromatic N) is 3. The zero-order valence-electron chi connectivity index (χ0n) is 11.5. The van der Waals surface area contributed by atoms with Crippen LogP contribution in [0.3, 0.4) is 0 Å². The number of rotatable bonds is 4. The molecule has 5 nitrogen and oxygen atoms in total. The second kappa shape index (κ2) is 5.38. The van der Waals surface area contributed by atoms with Gasteiger partial charge in [0, 0.05) is 29.6 Å². The van der Waals surface area contributed by atoms with E-state index in [1.807, 2.05) is 37.4 Å². The first-order chi connectivity index (χ1) is 9.76. The first-order valence-corrected chi connectivity index (χ1v) is 6.61. The van der Waals surface area contributed by atoms with Crippen molar-refractivity contribution in [3.8, 4) is 11.4 Å². The fourth-order valence-electron chi connectivity index (χ4n) is 2.03. The fraction of sp³-hybridized carbons (Fsp3) is 0.267. The molecule has 3 rings (SSSR count). The average molecular weight is 268 g/mol. The summed E-state index contributed by atoms with van der Waals surface area (Å²) in [5.74, 6) is 1.27. The number of likely N-dealkylation sites (N-methyl/N-ethyl adjacent to an activating group) is 1. The number of benzene rings is 1. The van der Waals surface area contributed by atoms with Gasteiger partial charge in [-0.25, -0.2) is 0 Å². The molecule has 0 aliphatic rings. The molecule has 0 bridgehead atoms. The first-order valence-electron chi connectivity index (χ1n) is 6.61. The highest BCUT2D eigenvalue weighted by Gasteiger charge is 2.11. The lowest BCUT2D eigenvalue weighted by molar-refractivity contribution is 0.365. The van der Waals surface area contributed by atoms with Crippen molar-refractivity contribution in [2.24, 2.45) is 0 Å². The molecule has 3 aromatic rings. The van der Waals surface area contributed by atoms with E-state index in [1.165, 1.54) is 0 Å². The molecule has 0 spiro atoms. The van der Waals surface area contributed by atoms with Crippen molar-refractivity contribution in [3.05, 3.63) is 42.4 Å². The van der Waals surface area contributed by atoms with Gasteiger partial charge in [-0.1, -0.05) is 11.2 Å². The minimum absolute atomic E-state index is 0.309. The number of hydrogen-bond donors (Lipinski definition) is 1. The molecule has 0 saturated heterocycles. The second-order valence-electron chi connectivity index (χ2n) is 4.82. The summed E-state index contributed by atoms with van der Waals surface area (Å²) in [6.45, 7) is 2.07. The van der Waals surface area contributed by atoms with Crippen LogP contribution in [-0.4, -0.2) is 28.2 Å². The molecule has 1 unspecified atom stereocenters. The largest absolute Gasteiger partial charge is 0.339 e. The Labute approximate surface area is 117 Å². The molecular formula is C15H16N4O. The number of nitrogens with one attached hydrogen (secondary N) is 1. The molecule has 2 aromatic heterocycles. The molecule has 2 heterocycles. The van der Waals surface area contributed by atoms with E-state index in [2.05, 4.69) is 27.4 Å². The van der Waals surface area contributed by atoms with Crippen molar-refractivity contribution in [1.82, 2.24) is 20.4 Å². The lowest BCUT2D eigenvalue weighted by atomic mass is 10.1. The Balaban J connectivity index is 1.91. The van der Waals surface area contributed by atoms with Gasteiger partial charge in [-0.05, 0) is 38.2 Å². The van der Waals surface area contributed by atoms with Crippen molar-refractivity contribution in [2.45, 2.75) is 19.4 Å². The molecule has 5 heteroatoms. The van der Waals surface area contributed by atoms with Crippen molar-refractivity contribution in [3.63, 3.8) is 0 Å². The zero-order chi connectivity index (χ0) is 13.9. The van der Waals surface area contributed by atoms with Crippen LogP contribution in [0.1, 0.15) is 12.8 Å². The number of hydrogen-bond acceptors (Lipinski definition) is 5. The van der Waals surface area contributed by atoms with Gasteiger partial charge >= 0.3 is 0 Å². The van der Waals surface area contributed by atoms with Gasteiger partial charge in [-0.3, -0.25) is 4.98 Å². The van der Waals surface area contributed by atoms with Gasteiger partial charge in [0.05, 0.1) is 5.52 Å². The van der Waals surface area contributed by atoms with Gasteiger partial charge in [-0.15, -0.1) is 0 Å². The fourth-order valence-corrected chi connectivity index (χ4v) is 2.03. The van der Waals surface area contributed by atoms with Crippen molar-refractivity contribution in [1.29, 1.82) is 0 Å². The second-order valence-corrected chi connectivity index (χ2v) is 4.82. The van der Waals surface area contributed by atoms with E-state index >= 15 is 0 Å². The van der Waals surface area contributed by atoms with E-state index in [4.69, 9.17) is 4.52 Å². The predicted octanol–water partition coefficient (Wildman–Crippen LogP) is 2.44. The Kier molecular flexibility index (Phi) is 3.43. The SMILES string of the molecule is CNC(C)Cc1nc(-c2ccc3ncccc3c2)no1.